The van der Waals surface area contributed by atoms with Crippen LogP contribution >= 0.6 is 0 Å². The Kier molecular flexibility index (Phi) is 5.80. The van der Waals surface area contributed by atoms with E-state index in [-0.39, 0.29) is 18.6 Å². The average Bonchev–Trinajstić information content (AvgIpc) is 2.43. The van der Waals surface area contributed by atoms with Crippen molar-refractivity contribution in [2.75, 3.05) is 33.7 Å². The quantitative estimate of drug-likeness (QED) is 0.796. The highest BCUT2D eigenvalue weighted by atomic mass is 16.4. The Morgan fingerprint density at radius 2 is 2.15 bits per heavy atom. The van der Waals surface area contributed by atoms with Gasteiger partial charge in [-0.05, 0) is 39.8 Å². The normalized spacial score (nSPS) is 22.9. The second kappa shape index (κ2) is 6.92. The van der Waals surface area contributed by atoms with Crippen LogP contribution in [0, 0.1) is 5.41 Å². The molecule has 2 atom stereocenters. The van der Waals surface area contributed by atoms with Gasteiger partial charge in [0.1, 0.15) is 0 Å². The minimum Gasteiger partial charge on any atom is -0.481 e. The van der Waals surface area contributed by atoms with E-state index in [0.717, 1.165) is 25.9 Å². The van der Waals surface area contributed by atoms with Gasteiger partial charge in [-0.2, -0.15) is 0 Å². The van der Waals surface area contributed by atoms with Crippen LogP contribution in [0.5, 0.6) is 0 Å². The zero-order chi connectivity index (χ0) is 15.3. The fraction of sp³-hybridized carbons (Fsp3) is 0.857. The lowest BCUT2D eigenvalue weighted by Crippen LogP contribution is -2.52. The van der Waals surface area contributed by atoms with Crippen molar-refractivity contribution in [3.63, 3.8) is 0 Å². The second-order valence-electron chi connectivity index (χ2n) is 6.05. The average molecular weight is 285 g/mol. The van der Waals surface area contributed by atoms with Crippen molar-refractivity contribution in [3.05, 3.63) is 0 Å². The van der Waals surface area contributed by atoms with Gasteiger partial charge in [0, 0.05) is 26.2 Å². The molecule has 2 N–H and O–H groups in total. The highest BCUT2D eigenvalue weighted by Gasteiger charge is 2.32. The maximum Gasteiger partial charge on any atom is 0.317 e. The van der Waals surface area contributed by atoms with Gasteiger partial charge >= 0.3 is 12.0 Å². The van der Waals surface area contributed by atoms with E-state index in [1.807, 2.05) is 6.92 Å². The highest BCUT2D eigenvalue weighted by Crippen LogP contribution is 2.20. The van der Waals surface area contributed by atoms with Crippen molar-refractivity contribution < 1.29 is 14.7 Å². The van der Waals surface area contributed by atoms with E-state index in [2.05, 4.69) is 17.3 Å². The monoisotopic (exact) mass is 285 g/mol. The number of urea groups is 1. The number of likely N-dealkylation sites (N-methyl/N-ethyl adjacent to an activating group) is 2. The summed E-state index contributed by atoms with van der Waals surface area (Å²) in [7, 11) is 3.83. The third-order valence-electron chi connectivity index (χ3n) is 4.39. The van der Waals surface area contributed by atoms with Crippen molar-refractivity contribution in [2.24, 2.45) is 5.41 Å². The maximum absolute atomic E-state index is 12.1. The summed E-state index contributed by atoms with van der Waals surface area (Å²) in [6.45, 7) is 5.57. The van der Waals surface area contributed by atoms with Crippen LogP contribution in [0.1, 0.15) is 33.1 Å². The first kappa shape index (κ1) is 16.8. The van der Waals surface area contributed by atoms with Gasteiger partial charge in [0.05, 0.1) is 5.41 Å². The summed E-state index contributed by atoms with van der Waals surface area (Å²) < 4.78 is 0. The molecule has 1 heterocycles. The summed E-state index contributed by atoms with van der Waals surface area (Å²) in [4.78, 5) is 27.3. The molecule has 0 bridgehead atoms. The molecule has 0 aliphatic carbocycles. The van der Waals surface area contributed by atoms with Gasteiger partial charge in [0.2, 0.25) is 0 Å². The summed E-state index contributed by atoms with van der Waals surface area (Å²) in [6.07, 6.45) is 2.57. The van der Waals surface area contributed by atoms with Crippen molar-refractivity contribution in [1.29, 1.82) is 0 Å². The summed E-state index contributed by atoms with van der Waals surface area (Å²) in [6, 6.07) is 0.0117. The number of piperidine rings is 1. The van der Waals surface area contributed by atoms with E-state index in [9.17, 15) is 14.7 Å². The Bertz CT molecular complexity index is 362. The Hall–Kier alpha value is -1.30. The number of aliphatic carboxylic acids is 1. The molecule has 2 amide bonds. The van der Waals surface area contributed by atoms with Gasteiger partial charge in [-0.25, -0.2) is 4.79 Å². The molecule has 116 valence electrons. The van der Waals surface area contributed by atoms with Crippen LogP contribution in [0.4, 0.5) is 4.79 Å². The molecular weight excluding hydrogens is 258 g/mol. The number of amides is 2. The van der Waals surface area contributed by atoms with E-state index < -0.39 is 11.4 Å². The fourth-order valence-electron chi connectivity index (χ4n) is 2.37. The third-order valence-corrected chi connectivity index (χ3v) is 4.39. The fourth-order valence-corrected chi connectivity index (χ4v) is 2.37. The molecule has 6 heteroatoms. The van der Waals surface area contributed by atoms with Crippen LogP contribution in [-0.4, -0.2) is 66.7 Å². The van der Waals surface area contributed by atoms with Crippen LogP contribution in [0.15, 0.2) is 0 Å². The molecule has 6 nitrogen and oxygen atoms in total. The molecule has 0 spiro atoms. The molecule has 1 aliphatic heterocycles. The summed E-state index contributed by atoms with van der Waals surface area (Å²) in [5.41, 5.74) is -0.903. The van der Waals surface area contributed by atoms with Gasteiger partial charge in [-0.1, -0.05) is 6.92 Å². The topological polar surface area (TPSA) is 72.9 Å². The predicted molar refractivity (Wildman–Crippen MR) is 77.7 cm³/mol. The number of nitrogens with one attached hydrogen (secondary N) is 1. The van der Waals surface area contributed by atoms with Crippen LogP contribution in [0.25, 0.3) is 0 Å². The standard InChI is InChI=1S/C14H27N3O3/c1-5-14(2,12(18)19)10-15-13(20)17(4)11-7-6-8-16(3)9-11/h11H,5-10H2,1-4H3,(H,15,20)(H,18,19). The Morgan fingerprint density at radius 1 is 1.50 bits per heavy atom. The molecule has 1 fully saturated rings. The van der Waals surface area contributed by atoms with E-state index in [0.29, 0.717) is 6.42 Å². The minimum absolute atomic E-state index is 0.157. The number of carboxylic acids is 1. The highest BCUT2D eigenvalue weighted by molar-refractivity contribution is 5.78. The zero-order valence-electron chi connectivity index (χ0n) is 13.0. The van der Waals surface area contributed by atoms with Crippen LogP contribution in [0.2, 0.25) is 0 Å². The van der Waals surface area contributed by atoms with Gasteiger partial charge in [0.25, 0.3) is 0 Å². The largest absolute Gasteiger partial charge is 0.481 e. The summed E-state index contributed by atoms with van der Waals surface area (Å²) in [5, 5.41) is 12.0. The van der Waals surface area contributed by atoms with Crippen LogP contribution < -0.4 is 5.32 Å². The van der Waals surface area contributed by atoms with E-state index in [4.69, 9.17) is 0 Å². The summed E-state index contributed by atoms with van der Waals surface area (Å²) in [5.74, 6) is -0.875. The molecule has 0 radical (unpaired) electrons. The van der Waals surface area contributed by atoms with Crippen LogP contribution in [-0.2, 0) is 4.79 Å². The van der Waals surface area contributed by atoms with Crippen molar-refractivity contribution in [3.8, 4) is 0 Å². The molecule has 1 aliphatic rings. The van der Waals surface area contributed by atoms with Crippen molar-refractivity contribution in [1.82, 2.24) is 15.1 Å². The lowest BCUT2D eigenvalue weighted by atomic mass is 9.88. The van der Waals surface area contributed by atoms with Gasteiger partial charge in [-0.3, -0.25) is 4.79 Å². The first-order chi connectivity index (χ1) is 9.30. The molecule has 20 heavy (non-hydrogen) atoms. The molecule has 1 rings (SSSR count). The van der Waals surface area contributed by atoms with E-state index >= 15 is 0 Å². The Labute approximate surface area is 121 Å². The summed E-state index contributed by atoms with van der Waals surface area (Å²) >= 11 is 0. The lowest BCUT2D eigenvalue weighted by Gasteiger charge is -2.36. The number of nitrogens with zero attached hydrogens (tertiary/aromatic N) is 2. The SMILES string of the molecule is CCC(C)(CNC(=O)N(C)C1CCCN(C)C1)C(=O)O. The Balaban J connectivity index is 2.51. The molecule has 0 saturated carbocycles. The van der Waals surface area contributed by atoms with Gasteiger partial charge < -0.3 is 20.2 Å². The first-order valence-electron chi connectivity index (χ1n) is 7.22. The first-order valence-corrected chi connectivity index (χ1v) is 7.22. The molecule has 0 aromatic carbocycles. The molecule has 0 aromatic rings. The third kappa shape index (κ3) is 4.10. The number of rotatable bonds is 5. The van der Waals surface area contributed by atoms with Crippen LogP contribution in [0.3, 0.4) is 0 Å². The molecule has 2 unspecified atom stereocenters. The molecule has 1 saturated heterocycles. The Morgan fingerprint density at radius 3 is 2.65 bits per heavy atom. The number of hydrogen-bond donors (Lipinski definition) is 2. The van der Waals surface area contributed by atoms with E-state index in [1.165, 1.54) is 0 Å². The number of carbonyl (C=O) groups excluding carboxylic acids is 1. The predicted octanol–water partition coefficient (Wildman–Crippen LogP) is 1.22. The number of carboxylic acid groups (broad SMARTS) is 1. The number of likely N-dealkylation sites (tertiary alicyclic amines) is 1. The molecule has 0 aromatic heterocycles. The molecular formula is C14H27N3O3. The number of carbonyl (C=O) groups is 2. The zero-order valence-corrected chi connectivity index (χ0v) is 13.0. The van der Waals surface area contributed by atoms with Crippen molar-refractivity contribution >= 4 is 12.0 Å². The maximum atomic E-state index is 12.1. The van der Waals surface area contributed by atoms with E-state index in [1.54, 1.807) is 18.9 Å². The van der Waals surface area contributed by atoms with Gasteiger partial charge in [-0.15, -0.1) is 0 Å². The smallest absolute Gasteiger partial charge is 0.317 e. The second-order valence-corrected chi connectivity index (χ2v) is 6.05. The number of hydrogen-bond acceptors (Lipinski definition) is 3. The van der Waals surface area contributed by atoms with Crippen molar-refractivity contribution in [2.45, 2.75) is 39.2 Å². The lowest BCUT2D eigenvalue weighted by molar-refractivity contribution is -0.147. The minimum atomic E-state index is -0.903. The van der Waals surface area contributed by atoms with Gasteiger partial charge in [0.15, 0.2) is 0 Å².